The molecule has 0 amide bonds. The van der Waals surface area contributed by atoms with E-state index in [2.05, 4.69) is 67.0 Å². The molecule has 130 valence electrons. The van der Waals surface area contributed by atoms with E-state index >= 15 is 0 Å². The fraction of sp³-hybridized carbons (Fsp3) is 0.850. The van der Waals surface area contributed by atoms with Crippen molar-refractivity contribution in [3.63, 3.8) is 0 Å². The van der Waals surface area contributed by atoms with Crippen LogP contribution in [0.2, 0.25) is 0 Å². The Morgan fingerprint density at radius 2 is 1.45 bits per heavy atom. The second-order valence-electron chi connectivity index (χ2n) is 9.13. The Bertz CT molecular complexity index is 385. The standard InChI is InChI=1S/C20H39NO/c1-16(12-13-17(2)22)21(10)20(8,9)15-11-14-19(6,7)18(3,4)5/h1,11-15H2,2-10H3. The Balaban J connectivity index is 4.51. The summed E-state index contributed by atoms with van der Waals surface area (Å²) in [6, 6.07) is 0. The Hall–Kier alpha value is -0.790. The zero-order valence-electron chi connectivity index (χ0n) is 16.6. The van der Waals surface area contributed by atoms with Crippen molar-refractivity contribution in [2.75, 3.05) is 7.05 Å². The van der Waals surface area contributed by atoms with E-state index in [1.807, 2.05) is 0 Å². The lowest BCUT2D eigenvalue weighted by Gasteiger charge is -2.42. The van der Waals surface area contributed by atoms with Crippen LogP contribution in [0, 0.1) is 10.8 Å². The quantitative estimate of drug-likeness (QED) is 0.534. The molecule has 0 fully saturated rings. The summed E-state index contributed by atoms with van der Waals surface area (Å²) in [5, 5.41) is 0. The molecular formula is C20H39NO. The number of allylic oxidation sites excluding steroid dienone is 1. The van der Waals surface area contributed by atoms with Gasteiger partial charge >= 0.3 is 0 Å². The van der Waals surface area contributed by atoms with Gasteiger partial charge in [0.2, 0.25) is 0 Å². The van der Waals surface area contributed by atoms with Gasteiger partial charge in [-0.2, -0.15) is 0 Å². The maximum absolute atomic E-state index is 11.1. The number of hydrogen-bond donors (Lipinski definition) is 0. The minimum absolute atomic E-state index is 0.0852. The Morgan fingerprint density at radius 1 is 0.955 bits per heavy atom. The van der Waals surface area contributed by atoms with E-state index in [0.717, 1.165) is 18.5 Å². The predicted molar refractivity (Wildman–Crippen MR) is 98.0 cm³/mol. The molecule has 2 nitrogen and oxygen atoms in total. The van der Waals surface area contributed by atoms with Crippen molar-refractivity contribution >= 4 is 5.78 Å². The first-order valence-electron chi connectivity index (χ1n) is 8.62. The molecule has 0 aliphatic carbocycles. The molecule has 0 atom stereocenters. The third-order valence-electron chi connectivity index (χ3n) is 5.77. The van der Waals surface area contributed by atoms with Crippen LogP contribution in [0.25, 0.3) is 0 Å². The molecule has 0 aliphatic heterocycles. The van der Waals surface area contributed by atoms with Crippen molar-refractivity contribution in [2.45, 2.75) is 93.0 Å². The molecule has 22 heavy (non-hydrogen) atoms. The second-order valence-corrected chi connectivity index (χ2v) is 9.13. The van der Waals surface area contributed by atoms with E-state index in [1.54, 1.807) is 6.92 Å². The van der Waals surface area contributed by atoms with Gasteiger partial charge in [-0.25, -0.2) is 0 Å². The van der Waals surface area contributed by atoms with Gasteiger partial charge in [0.25, 0.3) is 0 Å². The smallest absolute Gasteiger partial charge is 0.130 e. The highest BCUT2D eigenvalue weighted by molar-refractivity contribution is 5.75. The van der Waals surface area contributed by atoms with Crippen molar-refractivity contribution in [3.8, 4) is 0 Å². The number of ketones is 1. The van der Waals surface area contributed by atoms with E-state index in [0.29, 0.717) is 17.3 Å². The van der Waals surface area contributed by atoms with Crippen LogP contribution in [-0.4, -0.2) is 23.3 Å². The van der Waals surface area contributed by atoms with Gasteiger partial charge in [0.05, 0.1) is 0 Å². The van der Waals surface area contributed by atoms with Crippen LogP contribution < -0.4 is 0 Å². The molecule has 0 radical (unpaired) electrons. The molecule has 0 unspecified atom stereocenters. The monoisotopic (exact) mass is 309 g/mol. The predicted octanol–water partition coefficient (Wildman–Crippen LogP) is 5.82. The van der Waals surface area contributed by atoms with E-state index in [1.165, 1.54) is 12.8 Å². The Kier molecular flexibility index (Phi) is 7.38. The van der Waals surface area contributed by atoms with Crippen molar-refractivity contribution < 1.29 is 4.79 Å². The lowest BCUT2D eigenvalue weighted by atomic mass is 9.66. The van der Waals surface area contributed by atoms with Crippen molar-refractivity contribution in [3.05, 3.63) is 12.3 Å². The highest BCUT2D eigenvalue weighted by Crippen LogP contribution is 2.42. The number of carbonyl (C=O) groups is 1. The van der Waals surface area contributed by atoms with Crippen LogP contribution in [0.1, 0.15) is 87.5 Å². The Morgan fingerprint density at radius 3 is 1.86 bits per heavy atom. The van der Waals surface area contributed by atoms with Gasteiger partial charge < -0.3 is 9.69 Å². The fourth-order valence-electron chi connectivity index (χ4n) is 2.42. The zero-order valence-corrected chi connectivity index (χ0v) is 16.6. The summed E-state index contributed by atoms with van der Waals surface area (Å²) in [6.07, 6.45) is 4.94. The fourth-order valence-corrected chi connectivity index (χ4v) is 2.42. The number of hydrogen-bond acceptors (Lipinski definition) is 2. The molecule has 0 aromatic heterocycles. The molecule has 0 aromatic rings. The molecule has 0 N–H and O–H groups in total. The minimum Gasteiger partial charge on any atom is -0.373 e. The largest absolute Gasteiger partial charge is 0.373 e. The normalized spacial score (nSPS) is 13.1. The molecule has 0 rings (SSSR count). The van der Waals surface area contributed by atoms with Crippen LogP contribution in [0.15, 0.2) is 12.3 Å². The lowest BCUT2D eigenvalue weighted by molar-refractivity contribution is -0.117. The first-order chi connectivity index (χ1) is 9.71. The van der Waals surface area contributed by atoms with Crippen molar-refractivity contribution in [1.82, 2.24) is 4.90 Å². The van der Waals surface area contributed by atoms with Crippen molar-refractivity contribution in [1.29, 1.82) is 0 Å². The summed E-state index contributed by atoms with van der Waals surface area (Å²) in [7, 11) is 2.11. The molecule has 2 heteroatoms. The molecule has 0 aromatic carbocycles. The van der Waals surface area contributed by atoms with Crippen LogP contribution in [0.5, 0.6) is 0 Å². The third-order valence-corrected chi connectivity index (χ3v) is 5.77. The van der Waals surface area contributed by atoms with E-state index in [-0.39, 0.29) is 11.3 Å². The average molecular weight is 310 g/mol. The zero-order chi connectivity index (χ0) is 17.8. The van der Waals surface area contributed by atoms with Crippen LogP contribution in [-0.2, 0) is 4.79 Å². The van der Waals surface area contributed by atoms with Crippen LogP contribution >= 0.6 is 0 Å². The topological polar surface area (TPSA) is 20.3 Å². The van der Waals surface area contributed by atoms with Crippen LogP contribution in [0.4, 0.5) is 0 Å². The third kappa shape index (κ3) is 6.54. The molecule has 0 spiro atoms. The molecule has 0 saturated carbocycles. The Labute approximate surface area is 139 Å². The summed E-state index contributed by atoms with van der Waals surface area (Å²) in [5.74, 6) is 0.235. The first kappa shape index (κ1) is 21.2. The van der Waals surface area contributed by atoms with E-state index in [4.69, 9.17) is 0 Å². The molecule has 0 bridgehead atoms. The van der Waals surface area contributed by atoms with Gasteiger partial charge in [0.15, 0.2) is 0 Å². The van der Waals surface area contributed by atoms with Gasteiger partial charge in [0.1, 0.15) is 5.78 Å². The number of rotatable bonds is 9. The highest BCUT2D eigenvalue weighted by atomic mass is 16.1. The minimum atomic E-state index is 0.0852. The van der Waals surface area contributed by atoms with Crippen molar-refractivity contribution in [2.24, 2.45) is 10.8 Å². The number of Topliss-reactive ketones (excluding diaryl/α,β-unsaturated/α-hetero) is 1. The maximum atomic E-state index is 11.1. The summed E-state index contributed by atoms with van der Waals surface area (Å²) in [4.78, 5) is 13.4. The summed E-state index contributed by atoms with van der Waals surface area (Å²) in [5.41, 5.74) is 1.82. The molecule has 0 aliphatic rings. The van der Waals surface area contributed by atoms with E-state index < -0.39 is 0 Å². The number of nitrogens with zero attached hydrogens (tertiary/aromatic N) is 1. The van der Waals surface area contributed by atoms with Gasteiger partial charge in [-0.3, -0.25) is 0 Å². The molecule has 0 saturated heterocycles. The maximum Gasteiger partial charge on any atom is 0.130 e. The first-order valence-corrected chi connectivity index (χ1v) is 8.62. The highest BCUT2D eigenvalue weighted by Gasteiger charge is 2.33. The van der Waals surface area contributed by atoms with Gasteiger partial charge in [-0.1, -0.05) is 47.6 Å². The molecule has 0 heterocycles. The van der Waals surface area contributed by atoms with Gasteiger partial charge in [0, 0.05) is 24.7 Å². The summed E-state index contributed by atoms with van der Waals surface area (Å²) in [6.45, 7) is 22.1. The number of carbonyl (C=O) groups excluding carboxylic acids is 1. The van der Waals surface area contributed by atoms with Gasteiger partial charge in [-0.15, -0.1) is 0 Å². The van der Waals surface area contributed by atoms with Gasteiger partial charge in [-0.05, 0) is 50.9 Å². The lowest BCUT2D eigenvalue weighted by Crippen LogP contribution is -2.40. The summed E-state index contributed by atoms with van der Waals surface area (Å²) >= 11 is 0. The molecular weight excluding hydrogens is 270 g/mol. The SMILES string of the molecule is C=C(CCC(C)=O)N(C)C(C)(C)CCCC(C)(C)C(C)(C)C. The van der Waals surface area contributed by atoms with Crippen LogP contribution in [0.3, 0.4) is 0 Å². The summed E-state index contributed by atoms with van der Waals surface area (Å²) < 4.78 is 0. The van der Waals surface area contributed by atoms with E-state index in [9.17, 15) is 4.79 Å². The average Bonchev–Trinajstić information content (AvgIpc) is 2.32. The second kappa shape index (κ2) is 7.66.